The van der Waals surface area contributed by atoms with E-state index < -0.39 is 11.7 Å². The maximum atomic E-state index is 13.8. The van der Waals surface area contributed by atoms with Crippen molar-refractivity contribution in [2.45, 2.75) is 26.4 Å². The summed E-state index contributed by atoms with van der Waals surface area (Å²) in [5, 5.41) is 5.74. The molecule has 36 heavy (non-hydrogen) atoms. The average Bonchev–Trinajstić information content (AvgIpc) is 3.31. The number of nitrogens with zero attached hydrogens (tertiary/aromatic N) is 6. The smallest absolute Gasteiger partial charge is 0.384 e. The lowest BCUT2D eigenvalue weighted by molar-refractivity contribution is -0.137. The van der Waals surface area contributed by atoms with Crippen molar-refractivity contribution in [2.24, 2.45) is 0 Å². The first-order chi connectivity index (χ1) is 17.3. The summed E-state index contributed by atoms with van der Waals surface area (Å²) >= 11 is 1.42. The van der Waals surface area contributed by atoms with Crippen LogP contribution in [0.25, 0.3) is 11.3 Å². The standard InChI is InChI=1S/C23H29F3N8OS/c1-3-33(4-2)6-5-15-14-36-22(29-15)32-20-12-18(30-21(31-20)34-7-9-35-10-8-34)16-13-28-19(27)11-17(16)23(24,25)26/h11-14H,3-10H2,1-2H3,(H2,27,28)(H,29,30,31,32). The van der Waals surface area contributed by atoms with Gasteiger partial charge < -0.3 is 25.6 Å². The molecule has 1 aliphatic rings. The minimum absolute atomic E-state index is 0.0899. The van der Waals surface area contributed by atoms with Crippen molar-refractivity contribution in [3.05, 3.63) is 35.0 Å². The molecule has 0 bridgehead atoms. The monoisotopic (exact) mass is 522 g/mol. The number of alkyl halides is 3. The summed E-state index contributed by atoms with van der Waals surface area (Å²) in [6.07, 6.45) is -2.72. The van der Waals surface area contributed by atoms with Gasteiger partial charge >= 0.3 is 6.18 Å². The summed E-state index contributed by atoms with van der Waals surface area (Å²) in [5.41, 5.74) is 5.52. The molecule has 13 heteroatoms. The Morgan fingerprint density at radius 1 is 1.14 bits per heavy atom. The van der Waals surface area contributed by atoms with E-state index in [-0.39, 0.29) is 17.1 Å². The number of aromatic nitrogens is 4. The molecule has 0 unspecified atom stereocenters. The minimum Gasteiger partial charge on any atom is -0.384 e. The molecular formula is C23H29F3N8OS. The molecule has 1 saturated heterocycles. The van der Waals surface area contributed by atoms with Crippen LogP contribution in [0.1, 0.15) is 25.1 Å². The van der Waals surface area contributed by atoms with Crippen molar-refractivity contribution in [3.63, 3.8) is 0 Å². The number of hydrogen-bond acceptors (Lipinski definition) is 10. The molecule has 3 N–H and O–H groups in total. The van der Waals surface area contributed by atoms with Crippen LogP contribution in [0.15, 0.2) is 23.7 Å². The highest BCUT2D eigenvalue weighted by molar-refractivity contribution is 7.13. The van der Waals surface area contributed by atoms with Crippen LogP contribution < -0.4 is 16.0 Å². The lowest BCUT2D eigenvalue weighted by Gasteiger charge is -2.27. The molecule has 0 aromatic carbocycles. The quantitative estimate of drug-likeness (QED) is 0.430. The second-order valence-electron chi connectivity index (χ2n) is 8.24. The molecule has 0 aliphatic carbocycles. The summed E-state index contributed by atoms with van der Waals surface area (Å²) in [6, 6.07) is 2.30. The number of nitrogens with one attached hydrogen (secondary N) is 1. The lowest BCUT2D eigenvalue weighted by Crippen LogP contribution is -2.37. The van der Waals surface area contributed by atoms with E-state index in [0.29, 0.717) is 43.2 Å². The summed E-state index contributed by atoms with van der Waals surface area (Å²) in [6.45, 7) is 9.11. The highest BCUT2D eigenvalue weighted by Gasteiger charge is 2.35. The predicted octanol–water partition coefficient (Wildman–Crippen LogP) is 4.06. The molecular weight excluding hydrogens is 493 g/mol. The SMILES string of the molecule is CCN(CC)CCc1csc(Nc2cc(-c3cnc(N)cc3C(F)(F)F)nc(N3CCOCC3)n2)n1. The third-order valence-corrected chi connectivity index (χ3v) is 6.69. The fraction of sp³-hybridized carbons (Fsp3) is 0.478. The highest BCUT2D eigenvalue weighted by atomic mass is 32.1. The van der Waals surface area contributed by atoms with E-state index in [1.807, 2.05) is 10.3 Å². The number of thiazole rings is 1. The second-order valence-corrected chi connectivity index (χ2v) is 9.09. The Labute approximate surface area is 211 Å². The van der Waals surface area contributed by atoms with Gasteiger partial charge in [-0.3, -0.25) is 0 Å². The van der Waals surface area contributed by atoms with Gasteiger partial charge in [-0.15, -0.1) is 11.3 Å². The fourth-order valence-electron chi connectivity index (χ4n) is 3.85. The van der Waals surface area contributed by atoms with Gasteiger partial charge in [0.05, 0.1) is 30.2 Å². The zero-order valence-electron chi connectivity index (χ0n) is 20.2. The number of hydrogen-bond donors (Lipinski definition) is 2. The van der Waals surface area contributed by atoms with E-state index in [1.54, 1.807) is 0 Å². The first kappa shape index (κ1) is 26.0. The first-order valence-electron chi connectivity index (χ1n) is 11.8. The number of halogens is 3. The van der Waals surface area contributed by atoms with Crippen molar-refractivity contribution < 1.29 is 17.9 Å². The maximum Gasteiger partial charge on any atom is 0.417 e. The van der Waals surface area contributed by atoms with Gasteiger partial charge in [-0.05, 0) is 19.2 Å². The molecule has 0 radical (unpaired) electrons. The molecule has 0 amide bonds. The van der Waals surface area contributed by atoms with Crippen molar-refractivity contribution in [1.29, 1.82) is 0 Å². The molecule has 9 nitrogen and oxygen atoms in total. The molecule has 4 rings (SSSR count). The normalized spacial score (nSPS) is 14.4. The van der Waals surface area contributed by atoms with E-state index >= 15 is 0 Å². The van der Waals surface area contributed by atoms with Crippen molar-refractivity contribution in [3.8, 4) is 11.3 Å². The van der Waals surface area contributed by atoms with Crippen LogP contribution in [0.5, 0.6) is 0 Å². The Morgan fingerprint density at radius 3 is 2.58 bits per heavy atom. The zero-order chi connectivity index (χ0) is 25.7. The number of morpholine rings is 1. The third kappa shape index (κ3) is 6.39. The summed E-state index contributed by atoms with van der Waals surface area (Å²) in [4.78, 5) is 21.8. The van der Waals surface area contributed by atoms with E-state index in [4.69, 9.17) is 10.5 Å². The van der Waals surface area contributed by atoms with Crippen LogP contribution in [0.2, 0.25) is 0 Å². The van der Waals surface area contributed by atoms with Gasteiger partial charge in [-0.25, -0.2) is 15.0 Å². The van der Waals surface area contributed by atoms with Gasteiger partial charge in [0.25, 0.3) is 0 Å². The second kappa shape index (κ2) is 11.4. The largest absolute Gasteiger partial charge is 0.417 e. The van der Waals surface area contributed by atoms with Gasteiger partial charge in [-0.1, -0.05) is 13.8 Å². The van der Waals surface area contributed by atoms with Crippen molar-refractivity contribution >= 4 is 34.1 Å². The van der Waals surface area contributed by atoms with Gasteiger partial charge in [0.15, 0.2) is 5.13 Å². The molecule has 4 heterocycles. The maximum absolute atomic E-state index is 13.8. The molecule has 1 fully saturated rings. The lowest BCUT2D eigenvalue weighted by atomic mass is 10.1. The topological polar surface area (TPSA) is 105 Å². The predicted molar refractivity (Wildman–Crippen MR) is 135 cm³/mol. The summed E-state index contributed by atoms with van der Waals surface area (Å²) in [7, 11) is 0. The Bertz CT molecular complexity index is 1160. The highest BCUT2D eigenvalue weighted by Crippen LogP contribution is 2.38. The van der Waals surface area contributed by atoms with E-state index in [9.17, 15) is 13.2 Å². The minimum atomic E-state index is -4.63. The Hall–Kier alpha value is -3.03. The molecule has 194 valence electrons. The number of pyridine rings is 1. The van der Waals surface area contributed by atoms with E-state index in [2.05, 4.69) is 44.0 Å². The molecule has 3 aromatic rings. The number of ether oxygens (including phenoxy) is 1. The first-order valence-corrected chi connectivity index (χ1v) is 12.6. The van der Waals surface area contributed by atoms with E-state index in [0.717, 1.165) is 44.0 Å². The number of nitrogens with two attached hydrogens (primary N) is 1. The fourth-order valence-corrected chi connectivity index (χ4v) is 4.60. The van der Waals surface area contributed by atoms with Crippen molar-refractivity contribution in [2.75, 3.05) is 61.9 Å². The Morgan fingerprint density at radius 2 is 1.89 bits per heavy atom. The van der Waals surface area contributed by atoms with Gasteiger partial charge in [0.2, 0.25) is 5.95 Å². The Kier molecular flexibility index (Phi) is 8.21. The number of rotatable bonds is 9. The summed E-state index contributed by atoms with van der Waals surface area (Å²) in [5.74, 6) is 0.435. The van der Waals surface area contributed by atoms with Crippen LogP contribution >= 0.6 is 11.3 Å². The zero-order valence-corrected chi connectivity index (χ0v) is 21.0. The average molecular weight is 523 g/mol. The van der Waals surface area contributed by atoms with Crippen LogP contribution in [0, 0.1) is 0 Å². The molecule has 0 saturated carbocycles. The number of likely N-dealkylation sites (N-methyl/N-ethyl adjacent to an activating group) is 1. The van der Waals surface area contributed by atoms with Gasteiger partial charge in [0, 0.05) is 49.3 Å². The number of nitrogen functional groups attached to an aromatic ring is 1. The summed E-state index contributed by atoms with van der Waals surface area (Å²) < 4.78 is 46.9. The van der Waals surface area contributed by atoms with Crippen LogP contribution in [0.4, 0.5) is 35.9 Å². The number of anilines is 4. The van der Waals surface area contributed by atoms with Gasteiger partial charge in [-0.2, -0.15) is 18.2 Å². The third-order valence-electron chi connectivity index (χ3n) is 5.88. The molecule has 0 spiro atoms. The molecule has 3 aromatic heterocycles. The van der Waals surface area contributed by atoms with E-state index in [1.165, 1.54) is 17.4 Å². The van der Waals surface area contributed by atoms with Gasteiger partial charge in [0.1, 0.15) is 11.6 Å². The Balaban J connectivity index is 1.66. The van der Waals surface area contributed by atoms with Crippen LogP contribution in [0.3, 0.4) is 0 Å². The molecule has 0 atom stereocenters. The molecule has 1 aliphatic heterocycles. The van der Waals surface area contributed by atoms with Crippen molar-refractivity contribution in [1.82, 2.24) is 24.8 Å². The van der Waals surface area contributed by atoms with Crippen LogP contribution in [-0.2, 0) is 17.3 Å². The van der Waals surface area contributed by atoms with Crippen LogP contribution in [-0.4, -0.2) is 70.8 Å².